The van der Waals surface area contributed by atoms with E-state index in [9.17, 15) is 0 Å². The van der Waals surface area contributed by atoms with Crippen LogP contribution < -0.4 is 8.92 Å². The van der Waals surface area contributed by atoms with E-state index in [2.05, 4.69) is 29.8 Å². The van der Waals surface area contributed by atoms with Crippen LogP contribution in [-0.4, -0.2) is 29.9 Å². The second-order valence-corrected chi connectivity index (χ2v) is 5.26. The molecule has 0 N–H and O–H groups in total. The molecule has 0 aliphatic rings. The Hall–Kier alpha value is 0.259. The second-order valence-electron chi connectivity index (χ2n) is 1.77. The zero-order valence-electron chi connectivity index (χ0n) is 6.05. The third kappa shape index (κ3) is 1.87. The van der Waals surface area contributed by atoms with Crippen LogP contribution in [0.5, 0.6) is 0 Å². The van der Waals surface area contributed by atoms with Gasteiger partial charge in [-0.15, -0.1) is 0 Å². The fourth-order valence-electron chi connectivity index (χ4n) is 0.726. The van der Waals surface area contributed by atoms with E-state index in [4.69, 9.17) is 0 Å². The fraction of sp³-hybridized carbons (Fsp3) is 0.250. The van der Waals surface area contributed by atoms with E-state index in [1.165, 1.54) is 8.92 Å². The van der Waals surface area contributed by atoms with Gasteiger partial charge in [0.15, 0.2) is 0 Å². The number of hydrogen-bond acceptors (Lipinski definition) is 0. The molecule has 0 unspecified atom stereocenters. The molecule has 0 aliphatic heterocycles. The molecule has 0 spiro atoms. The minimum absolute atomic E-state index is 0.619. The molecule has 0 aromatic heterocycles. The van der Waals surface area contributed by atoms with Crippen LogP contribution >= 0.6 is 0 Å². The third-order valence-corrected chi connectivity index (χ3v) is 5.06. The summed E-state index contributed by atoms with van der Waals surface area (Å²) in [6.45, 7) is 0. The summed E-state index contributed by atoms with van der Waals surface area (Å²) in [6, 6.07) is 9.59. The summed E-state index contributed by atoms with van der Waals surface area (Å²) in [5.41, 5.74) is 0. The van der Waals surface area contributed by atoms with E-state index in [1.807, 2.05) is 6.07 Å². The van der Waals surface area contributed by atoms with Crippen LogP contribution in [-0.2, 0) is 0 Å². The van der Waals surface area contributed by atoms with Gasteiger partial charge in [-0.25, -0.2) is 0 Å². The molecule has 0 amide bonds. The molecule has 1 aromatic rings. The molecule has 0 atom stereocenters. The number of hydrogen-bond donors (Lipinski definition) is 0. The van der Waals surface area contributed by atoms with E-state index in [1.54, 1.807) is 0 Å². The van der Waals surface area contributed by atoms with Gasteiger partial charge in [0.1, 0.15) is 0 Å². The van der Waals surface area contributed by atoms with Crippen LogP contribution in [0, 0.1) is 6.07 Å². The molecule has 1 radical (unpaired) electrons. The quantitative estimate of drug-likeness (QED) is 0.671. The standard InChI is InChI=1S/C8H9Se2/c1-9-7-5-3-4-6-8(7)10-2/h3-5H,1-2H3. The predicted octanol–water partition coefficient (Wildman–Crippen LogP) is 0.242. The van der Waals surface area contributed by atoms with Gasteiger partial charge in [-0.1, -0.05) is 0 Å². The molecule has 0 saturated heterocycles. The van der Waals surface area contributed by atoms with Gasteiger partial charge >= 0.3 is 74.7 Å². The first-order chi connectivity index (χ1) is 4.88. The Morgan fingerprint density at radius 1 is 1.30 bits per heavy atom. The van der Waals surface area contributed by atoms with Crippen LogP contribution in [0.2, 0.25) is 11.6 Å². The van der Waals surface area contributed by atoms with E-state index in [0.717, 1.165) is 0 Å². The monoisotopic (exact) mass is 265 g/mol. The van der Waals surface area contributed by atoms with Crippen LogP contribution in [0.25, 0.3) is 0 Å². The van der Waals surface area contributed by atoms with Crippen molar-refractivity contribution < 1.29 is 0 Å². The van der Waals surface area contributed by atoms with Crippen molar-refractivity contribution in [3.05, 3.63) is 24.3 Å². The van der Waals surface area contributed by atoms with Crippen molar-refractivity contribution >= 4 is 38.8 Å². The summed E-state index contributed by atoms with van der Waals surface area (Å²) in [5.74, 6) is 4.50. The summed E-state index contributed by atoms with van der Waals surface area (Å²) in [5, 5.41) is 0. The fourth-order valence-corrected chi connectivity index (χ4v) is 4.46. The first-order valence-electron chi connectivity index (χ1n) is 2.97. The summed E-state index contributed by atoms with van der Waals surface area (Å²) >= 11 is 1.26. The molecule has 2 heteroatoms. The molecule has 0 saturated carbocycles. The first kappa shape index (κ1) is 8.36. The average molecular weight is 263 g/mol. The molecule has 10 heavy (non-hydrogen) atoms. The van der Waals surface area contributed by atoms with Crippen molar-refractivity contribution in [1.82, 2.24) is 0 Å². The maximum absolute atomic E-state index is 3.28. The molecule has 0 heterocycles. The topological polar surface area (TPSA) is 0 Å². The van der Waals surface area contributed by atoms with Gasteiger partial charge in [-0.2, -0.15) is 0 Å². The first-order valence-corrected chi connectivity index (χ1v) is 8.11. The van der Waals surface area contributed by atoms with Crippen molar-refractivity contribution in [2.45, 2.75) is 11.6 Å². The SMILES string of the molecule is C[Se]c1[c]cccc1[Se]C. The van der Waals surface area contributed by atoms with E-state index < -0.39 is 0 Å². The summed E-state index contributed by atoms with van der Waals surface area (Å²) in [4.78, 5) is 0. The van der Waals surface area contributed by atoms with Crippen molar-refractivity contribution in [1.29, 1.82) is 0 Å². The summed E-state index contributed by atoms with van der Waals surface area (Å²) in [7, 11) is 0. The Morgan fingerprint density at radius 2 is 2.10 bits per heavy atom. The normalized spacial score (nSPS) is 9.80. The molecule has 1 rings (SSSR count). The van der Waals surface area contributed by atoms with E-state index in [0.29, 0.717) is 29.9 Å². The van der Waals surface area contributed by atoms with Crippen LogP contribution in [0.3, 0.4) is 0 Å². The van der Waals surface area contributed by atoms with Gasteiger partial charge in [0.25, 0.3) is 0 Å². The molecule has 0 fully saturated rings. The van der Waals surface area contributed by atoms with Crippen molar-refractivity contribution in [3.8, 4) is 0 Å². The number of benzene rings is 1. The number of rotatable bonds is 2. The molecule has 1 aromatic carbocycles. The Balaban J connectivity index is 2.96. The van der Waals surface area contributed by atoms with Gasteiger partial charge in [-0.05, 0) is 0 Å². The van der Waals surface area contributed by atoms with Gasteiger partial charge < -0.3 is 0 Å². The van der Waals surface area contributed by atoms with Gasteiger partial charge in [0.05, 0.1) is 0 Å². The zero-order chi connectivity index (χ0) is 7.40. The van der Waals surface area contributed by atoms with E-state index in [-0.39, 0.29) is 0 Å². The summed E-state index contributed by atoms with van der Waals surface area (Å²) in [6.07, 6.45) is 0. The molecule has 53 valence electrons. The zero-order valence-corrected chi connectivity index (χ0v) is 9.47. The average Bonchev–Trinajstić information content (AvgIpc) is 2.04. The third-order valence-electron chi connectivity index (χ3n) is 1.21. The second kappa shape index (κ2) is 4.20. The van der Waals surface area contributed by atoms with Crippen LogP contribution in [0.1, 0.15) is 0 Å². The molecular weight excluding hydrogens is 254 g/mol. The Morgan fingerprint density at radius 3 is 2.60 bits per heavy atom. The Bertz CT molecular complexity index is 185. The van der Waals surface area contributed by atoms with Crippen LogP contribution in [0.4, 0.5) is 0 Å². The molecular formula is C8H9Se2. The Kier molecular flexibility index (Phi) is 3.51. The van der Waals surface area contributed by atoms with Crippen LogP contribution in [0.15, 0.2) is 18.2 Å². The van der Waals surface area contributed by atoms with Gasteiger partial charge in [-0.3, -0.25) is 0 Å². The van der Waals surface area contributed by atoms with Gasteiger partial charge in [0, 0.05) is 0 Å². The molecule has 0 bridgehead atoms. The van der Waals surface area contributed by atoms with Crippen molar-refractivity contribution in [2.75, 3.05) is 0 Å². The summed E-state index contributed by atoms with van der Waals surface area (Å²) < 4.78 is 2.98. The van der Waals surface area contributed by atoms with Gasteiger partial charge in [0.2, 0.25) is 0 Å². The van der Waals surface area contributed by atoms with Crippen molar-refractivity contribution in [2.24, 2.45) is 0 Å². The predicted molar refractivity (Wildman–Crippen MR) is 47.8 cm³/mol. The Labute approximate surface area is 74.7 Å². The minimum atomic E-state index is 0.619. The molecule has 0 aliphatic carbocycles. The van der Waals surface area contributed by atoms with Crippen molar-refractivity contribution in [3.63, 3.8) is 0 Å². The van der Waals surface area contributed by atoms with E-state index >= 15 is 0 Å². The molecule has 0 nitrogen and oxygen atoms in total. The maximum atomic E-state index is 3.28.